The van der Waals surface area contributed by atoms with E-state index < -0.39 is 0 Å². The van der Waals surface area contributed by atoms with Crippen molar-refractivity contribution in [2.75, 3.05) is 70.4 Å². The van der Waals surface area contributed by atoms with Crippen LogP contribution in [-0.2, 0) is 9.53 Å². The number of morpholine rings is 1. The number of methoxy groups -OCH3 is 1. The van der Waals surface area contributed by atoms with Gasteiger partial charge < -0.3 is 34.1 Å². The van der Waals surface area contributed by atoms with E-state index in [2.05, 4.69) is 10.2 Å². The molecule has 2 aliphatic rings. The van der Waals surface area contributed by atoms with E-state index in [1.54, 1.807) is 19.2 Å². The summed E-state index contributed by atoms with van der Waals surface area (Å²) in [6.07, 6.45) is 0. The van der Waals surface area contributed by atoms with Gasteiger partial charge in [-0.3, -0.25) is 9.59 Å². The number of nitrogens with zero attached hydrogens (tertiary/aromatic N) is 2. The highest BCUT2D eigenvalue weighted by Crippen LogP contribution is 2.40. The summed E-state index contributed by atoms with van der Waals surface area (Å²) in [6.45, 7) is 3.86. The molecule has 0 saturated carbocycles. The van der Waals surface area contributed by atoms with Gasteiger partial charge in [-0.2, -0.15) is 0 Å². The van der Waals surface area contributed by atoms with Gasteiger partial charge >= 0.3 is 0 Å². The van der Waals surface area contributed by atoms with Gasteiger partial charge in [-0.15, -0.1) is 0 Å². The number of nitrogens with one attached hydrogen (secondary N) is 1. The summed E-state index contributed by atoms with van der Waals surface area (Å²) in [5.41, 5.74) is 2.12. The van der Waals surface area contributed by atoms with Crippen LogP contribution in [0, 0.1) is 0 Å². The number of likely N-dealkylation sites (N-methyl/N-ethyl adjacent to an activating group) is 1. The van der Waals surface area contributed by atoms with Crippen molar-refractivity contribution >= 4 is 23.2 Å². The molecule has 9 nitrogen and oxygen atoms in total. The van der Waals surface area contributed by atoms with Crippen molar-refractivity contribution in [2.24, 2.45) is 0 Å². The summed E-state index contributed by atoms with van der Waals surface area (Å²) >= 11 is 0. The molecule has 0 aliphatic carbocycles. The second-order valence-electron chi connectivity index (χ2n) is 7.56. The highest BCUT2D eigenvalue weighted by atomic mass is 16.6. The molecule has 0 spiro atoms. The standard InChI is InChI=1S/C23H27N3O6/c1-25(23(28)16-13-19(29-2)22-20(14-16)31-11-12-32-22)15-21(27)24-17-3-5-18(6-4-17)26-7-9-30-10-8-26/h3-6,13-14H,7-12,15H2,1-2H3,(H,24,27). The summed E-state index contributed by atoms with van der Waals surface area (Å²) in [4.78, 5) is 29.0. The van der Waals surface area contributed by atoms with Gasteiger partial charge in [-0.05, 0) is 36.4 Å². The lowest BCUT2D eigenvalue weighted by Crippen LogP contribution is -2.36. The quantitative estimate of drug-likeness (QED) is 0.734. The number of hydrogen-bond acceptors (Lipinski definition) is 7. The van der Waals surface area contributed by atoms with Gasteiger partial charge in [0.2, 0.25) is 11.7 Å². The Morgan fingerprint density at radius 1 is 1.06 bits per heavy atom. The molecule has 2 heterocycles. The van der Waals surface area contributed by atoms with Gasteiger partial charge in [-0.25, -0.2) is 0 Å². The minimum absolute atomic E-state index is 0.0964. The Hall–Kier alpha value is -3.46. The third kappa shape index (κ3) is 4.88. The van der Waals surface area contributed by atoms with Crippen LogP contribution in [0.25, 0.3) is 0 Å². The first-order valence-corrected chi connectivity index (χ1v) is 10.5. The number of amides is 2. The number of benzene rings is 2. The fourth-order valence-electron chi connectivity index (χ4n) is 3.68. The van der Waals surface area contributed by atoms with Gasteiger partial charge in [0.1, 0.15) is 13.2 Å². The number of ether oxygens (including phenoxy) is 4. The molecule has 170 valence electrons. The van der Waals surface area contributed by atoms with E-state index in [-0.39, 0.29) is 18.4 Å². The maximum atomic E-state index is 12.9. The lowest BCUT2D eigenvalue weighted by molar-refractivity contribution is -0.116. The zero-order valence-electron chi connectivity index (χ0n) is 18.3. The van der Waals surface area contributed by atoms with Crippen molar-refractivity contribution in [1.82, 2.24) is 4.90 Å². The predicted molar refractivity (Wildman–Crippen MR) is 119 cm³/mol. The normalized spacial score (nSPS) is 15.1. The fourth-order valence-corrected chi connectivity index (χ4v) is 3.68. The molecule has 1 fully saturated rings. The number of carbonyl (C=O) groups is 2. The smallest absolute Gasteiger partial charge is 0.254 e. The molecule has 2 aromatic rings. The first-order valence-electron chi connectivity index (χ1n) is 10.5. The van der Waals surface area contributed by atoms with Gasteiger partial charge in [0.05, 0.1) is 26.9 Å². The maximum Gasteiger partial charge on any atom is 0.254 e. The number of anilines is 2. The molecule has 2 amide bonds. The molecule has 1 saturated heterocycles. The SMILES string of the molecule is COc1cc(C(=O)N(C)CC(=O)Nc2ccc(N3CCOCC3)cc2)cc2c1OCCO2. The molecular weight excluding hydrogens is 414 g/mol. The minimum Gasteiger partial charge on any atom is -0.493 e. The van der Waals surface area contributed by atoms with Crippen LogP contribution >= 0.6 is 0 Å². The molecule has 2 aliphatic heterocycles. The molecule has 0 atom stereocenters. The Labute approximate surface area is 186 Å². The van der Waals surface area contributed by atoms with Crippen LogP contribution in [0.15, 0.2) is 36.4 Å². The molecule has 4 rings (SSSR count). The monoisotopic (exact) mass is 441 g/mol. The number of fused-ring (bicyclic) bond motifs is 1. The molecule has 0 unspecified atom stereocenters. The van der Waals surface area contributed by atoms with Crippen molar-refractivity contribution in [3.05, 3.63) is 42.0 Å². The number of carbonyl (C=O) groups excluding carboxylic acids is 2. The summed E-state index contributed by atoms with van der Waals surface area (Å²) in [5.74, 6) is 0.750. The summed E-state index contributed by atoms with van der Waals surface area (Å²) in [7, 11) is 3.08. The Kier molecular flexibility index (Phi) is 6.65. The average molecular weight is 441 g/mol. The molecular formula is C23H27N3O6. The van der Waals surface area contributed by atoms with Crippen molar-refractivity contribution in [3.8, 4) is 17.2 Å². The van der Waals surface area contributed by atoms with Crippen LogP contribution in [0.4, 0.5) is 11.4 Å². The highest BCUT2D eigenvalue weighted by molar-refractivity contribution is 6.00. The summed E-state index contributed by atoms with van der Waals surface area (Å²) in [6, 6.07) is 10.9. The van der Waals surface area contributed by atoms with Gasteiger partial charge in [0.15, 0.2) is 11.5 Å². The van der Waals surface area contributed by atoms with E-state index in [0.29, 0.717) is 54.9 Å². The third-order valence-corrected chi connectivity index (χ3v) is 5.33. The van der Waals surface area contributed by atoms with Gasteiger partial charge in [0, 0.05) is 37.1 Å². The molecule has 9 heteroatoms. The van der Waals surface area contributed by atoms with Crippen LogP contribution in [0.3, 0.4) is 0 Å². The maximum absolute atomic E-state index is 12.9. The van der Waals surface area contributed by atoms with Crippen molar-refractivity contribution in [1.29, 1.82) is 0 Å². The van der Waals surface area contributed by atoms with Crippen LogP contribution in [0.2, 0.25) is 0 Å². The number of hydrogen-bond donors (Lipinski definition) is 1. The van der Waals surface area contributed by atoms with Crippen LogP contribution in [-0.4, -0.2) is 76.9 Å². The molecule has 0 aromatic heterocycles. The fraction of sp³-hybridized carbons (Fsp3) is 0.391. The summed E-state index contributed by atoms with van der Waals surface area (Å²) < 4.78 is 21.9. The molecule has 1 N–H and O–H groups in total. The zero-order valence-corrected chi connectivity index (χ0v) is 18.3. The second kappa shape index (κ2) is 9.78. The Balaban J connectivity index is 1.36. The lowest BCUT2D eigenvalue weighted by atomic mass is 10.1. The van der Waals surface area contributed by atoms with Crippen molar-refractivity contribution < 1.29 is 28.5 Å². The van der Waals surface area contributed by atoms with E-state index in [9.17, 15) is 9.59 Å². The highest BCUT2D eigenvalue weighted by Gasteiger charge is 2.23. The Morgan fingerprint density at radius 3 is 2.50 bits per heavy atom. The van der Waals surface area contributed by atoms with Crippen molar-refractivity contribution in [2.45, 2.75) is 0 Å². The Bertz CT molecular complexity index is 955. The van der Waals surface area contributed by atoms with Crippen LogP contribution < -0.4 is 24.4 Å². The first kappa shape index (κ1) is 21.8. The second-order valence-corrected chi connectivity index (χ2v) is 7.56. The van der Waals surface area contributed by atoms with E-state index in [4.69, 9.17) is 18.9 Å². The lowest BCUT2D eigenvalue weighted by Gasteiger charge is -2.28. The molecule has 0 radical (unpaired) electrons. The van der Waals surface area contributed by atoms with Gasteiger partial charge in [-0.1, -0.05) is 0 Å². The average Bonchev–Trinajstić information content (AvgIpc) is 2.83. The molecule has 32 heavy (non-hydrogen) atoms. The van der Waals surface area contributed by atoms with E-state index >= 15 is 0 Å². The Morgan fingerprint density at radius 2 is 1.78 bits per heavy atom. The third-order valence-electron chi connectivity index (χ3n) is 5.33. The minimum atomic E-state index is -0.321. The zero-order chi connectivity index (χ0) is 22.5. The topological polar surface area (TPSA) is 89.6 Å². The van der Waals surface area contributed by atoms with Crippen molar-refractivity contribution in [3.63, 3.8) is 0 Å². The van der Waals surface area contributed by atoms with Crippen LogP contribution in [0.5, 0.6) is 17.2 Å². The van der Waals surface area contributed by atoms with E-state index in [0.717, 1.165) is 18.8 Å². The van der Waals surface area contributed by atoms with Gasteiger partial charge in [0.25, 0.3) is 5.91 Å². The first-order chi connectivity index (χ1) is 15.5. The summed E-state index contributed by atoms with van der Waals surface area (Å²) in [5, 5.41) is 2.84. The largest absolute Gasteiger partial charge is 0.493 e. The molecule has 2 aromatic carbocycles. The molecule has 0 bridgehead atoms. The predicted octanol–water partition coefficient (Wildman–Crippen LogP) is 2.01. The van der Waals surface area contributed by atoms with E-state index in [1.807, 2.05) is 24.3 Å². The van der Waals surface area contributed by atoms with Crippen LogP contribution in [0.1, 0.15) is 10.4 Å². The number of rotatable bonds is 6. The van der Waals surface area contributed by atoms with E-state index in [1.165, 1.54) is 12.0 Å².